The zero-order chi connectivity index (χ0) is 24.3. The van der Waals surface area contributed by atoms with Gasteiger partial charge in [0.25, 0.3) is 5.91 Å². The molecule has 1 aromatic heterocycles. The summed E-state index contributed by atoms with van der Waals surface area (Å²) >= 11 is 1.11. The van der Waals surface area contributed by atoms with E-state index in [2.05, 4.69) is 4.98 Å². The third kappa shape index (κ3) is 5.83. The van der Waals surface area contributed by atoms with Gasteiger partial charge in [0, 0.05) is 29.7 Å². The first kappa shape index (κ1) is 23.9. The summed E-state index contributed by atoms with van der Waals surface area (Å²) in [5.41, 5.74) is 0.412. The highest BCUT2D eigenvalue weighted by Gasteiger charge is 2.31. The maximum Gasteiger partial charge on any atom is 0.416 e. The fourth-order valence-electron chi connectivity index (χ4n) is 4.02. The Bertz CT molecular complexity index is 1180. The van der Waals surface area contributed by atoms with E-state index in [1.165, 1.54) is 12.1 Å². The highest BCUT2D eigenvalue weighted by molar-refractivity contribution is 7.99. The summed E-state index contributed by atoms with van der Waals surface area (Å²) in [6.07, 6.45) is -1.18. The van der Waals surface area contributed by atoms with Crippen molar-refractivity contribution >= 4 is 17.7 Å². The van der Waals surface area contributed by atoms with Crippen molar-refractivity contribution in [3.63, 3.8) is 0 Å². The molecule has 4 rings (SSSR count). The molecule has 0 radical (unpaired) electrons. The van der Waals surface area contributed by atoms with E-state index >= 15 is 0 Å². The number of carbonyl (C=O) groups excluding carboxylic acids is 1. The number of phenolic OH excluding ortho intramolecular Hbond substituents is 2. The lowest BCUT2D eigenvalue weighted by Crippen LogP contribution is -2.38. The second-order valence-electron chi connectivity index (χ2n) is 8.26. The van der Waals surface area contributed by atoms with Gasteiger partial charge in [-0.15, -0.1) is 0 Å². The molecule has 2 N–H and O–H groups in total. The van der Waals surface area contributed by atoms with Gasteiger partial charge >= 0.3 is 6.18 Å². The topological polar surface area (TPSA) is 73.7 Å². The van der Waals surface area contributed by atoms with E-state index in [0.29, 0.717) is 30.0 Å². The number of aromatic hydroxyl groups is 2. The number of aromatic nitrogens is 1. The number of amides is 1. The average molecular weight is 489 g/mol. The minimum absolute atomic E-state index is 0.0503. The number of rotatable bonds is 5. The average Bonchev–Trinajstić information content (AvgIpc) is 2.81. The summed E-state index contributed by atoms with van der Waals surface area (Å²) in [7, 11) is 0. The number of benzene rings is 2. The molecule has 1 amide bonds. The van der Waals surface area contributed by atoms with Crippen molar-refractivity contribution in [1.82, 2.24) is 9.88 Å². The van der Waals surface area contributed by atoms with Crippen LogP contribution < -0.4 is 0 Å². The van der Waals surface area contributed by atoms with E-state index < -0.39 is 11.7 Å². The lowest BCUT2D eigenvalue weighted by Gasteiger charge is -2.32. The van der Waals surface area contributed by atoms with Gasteiger partial charge in [-0.1, -0.05) is 17.8 Å². The van der Waals surface area contributed by atoms with Gasteiger partial charge in [0.15, 0.2) is 0 Å². The Hall–Kier alpha value is -3.20. The molecule has 0 aliphatic carbocycles. The number of hydrogen-bond acceptors (Lipinski definition) is 5. The van der Waals surface area contributed by atoms with Gasteiger partial charge < -0.3 is 15.1 Å². The summed E-state index contributed by atoms with van der Waals surface area (Å²) in [6, 6.07) is 13.2. The number of phenols is 2. The van der Waals surface area contributed by atoms with Crippen LogP contribution in [0.15, 0.2) is 70.7 Å². The van der Waals surface area contributed by atoms with Crippen LogP contribution in [0.2, 0.25) is 0 Å². The number of alkyl halides is 3. The number of hydrogen-bond donors (Lipinski definition) is 2. The molecule has 0 unspecified atom stereocenters. The number of pyridine rings is 1. The molecule has 1 saturated heterocycles. The molecule has 0 bridgehead atoms. The fraction of sp³-hybridized carbons (Fsp3) is 0.280. The first-order chi connectivity index (χ1) is 16.2. The summed E-state index contributed by atoms with van der Waals surface area (Å²) in [5.74, 6) is 0.323. The van der Waals surface area contributed by atoms with E-state index in [-0.39, 0.29) is 28.4 Å². The zero-order valence-electron chi connectivity index (χ0n) is 18.1. The Morgan fingerprint density at radius 1 is 1.06 bits per heavy atom. The Morgan fingerprint density at radius 2 is 1.82 bits per heavy atom. The van der Waals surface area contributed by atoms with Gasteiger partial charge in [-0.25, -0.2) is 4.98 Å². The number of halogens is 3. The zero-order valence-corrected chi connectivity index (χ0v) is 18.9. The molecule has 1 fully saturated rings. The molecular formula is C25H23F3N2O3S. The maximum absolute atomic E-state index is 13.0. The monoisotopic (exact) mass is 488 g/mol. The van der Waals surface area contributed by atoms with Crippen LogP contribution in [0.1, 0.15) is 34.3 Å². The molecule has 2 aromatic carbocycles. The molecular weight excluding hydrogens is 465 g/mol. The summed E-state index contributed by atoms with van der Waals surface area (Å²) in [5, 5.41) is 20.2. The largest absolute Gasteiger partial charge is 0.508 e. The minimum atomic E-state index is -4.44. The van der Waals surface area contributed by atoms with Crippen LogP contribution in [0.3, 0.4) is 0 Å². The van der Waals surface area contributed by atoms with Gasteiger partial charge in [-0.2, -0.15) is 13.2 Å². The molecule has 1 aliphatic heterocycles. The van der Waals surface area contributed by atoms with Gasteiger partial charge in [0.05, 0.1) is 5.56 Å². The predicted octanol–water partition coefficient (Wildman–Crippen LogP) is 5.76. The molecule has 34 heavy (non-hydrogen) atoms. The van der Waals surface area contributed by atoms with Crippen LogP contribution in [0.25, 0.3) is 0 Å². The molecule has 2 heterocycles. The third-order valence-electron chi connectivity index (χ3n) is 5.84. The predicted molar refractivity (Wildman–Crippen MR) is 122 cm³/mol. The van der Waals surface area contributed by atoms with Crippen molar-refractivity contribution in [1.29, 1.82) is 0 Å². The summed E-state index contributed by atoms with van der Waals surface area (Å²) < 4.78 is 38.9. The van der Waals surface area contributed by atoms with Crippen LogP contribution in [0, 0.1) is 5.92 Å². The lowest BCUT2D eigenvalue weighted by atomic mass is 9.89. The molecule has 3 aromatic rings. The smallest absolute Gasteiger partial charge is 0.416 e. The summed E-state index contributed by atoms with van der Waals surface area (Å²) in [6.45, 7) is 1.14. The third-order valence-corrected chi connectivity index (χ3v) is 6.76. The van der Waals surface area contributed by atoms with Crippen molar-refractivity contribution in [2.45, 2.75) is 35.4 Å². The van der Waals surface area contributed by atoms with Gasteiger partial charge in [-0.3, -0.25) is 4.79 Å². The van der Waals surface area contributed by atoms with Crippen molar-refractivity contribution in [2.24, 2.45) is 5.92 Å². The molecule has 0 saturated carbocycles. The number of nitrogens with zero attached hydrogens (tertiary/aromatic N) is 2. The van der Waals surface area contributed by atoms with Crippen LogP contribution in [0.5, 0.6) is 11.5 Å². The molecule has 0 atom stereocenters. The first-order valence-corrected chi connectivity index (χ1v) is 11.6. The standard InChI is InChI=1S/C25H23F3N2O3S/c26-25(27,28)19-6-9-29-23(15-19)34-21-4-5-22(32)18(14-21)12-16-7-10-30(11-8-16)24(33)17-2-1-3-20(31)13-17/h1-6,9,13-16,31-32H,7-8,10-12H2. The van der Waals surface area contributed by atoms with Crippen LogP contribution >= 0.6 is 11.8 Å². The van der Waals surface area contributed by atoms with E-state index in [9.17, 15) is 28.2 Å². The van der Waals surface area contributed by atoms with Crippen molar-refractivity contribution < 1.29 is 28.2 Å². The number of carbonyl (C=O) groups is 1. The van der Waals surface area contributed by atoms with Gasteiger partial charge in [0.1, 0.15) is 16.5 Å². The van der Waals surface area contributed by atoms with Crippen molar-refractivity contribution in [3.05, 3.63) is 77.5 Å². The molecule has 178 valence electrons. The lowest BCUT2D eigenvalue weighted by molar-refractivity contribution is -0.137. The van der Waals surface area contributed by atoms with E-state index in [0.717, 1.165) is 48.5 Å². The van der Waals surface area contributed by atoms with Crippen LogP contribution in [-0.2, 0) is 12.6 Å². The highest BCUT2D eigenvalue weighted by atomic mass is 32.2. The Labute approximate surface area is 199 Å². The Kier molecular flexibility index (Phi) is 7.02. The minimum Gasteiger partial charge on any atom is -0.508 e. The second kappa shape index (κ2) is 9.97. The van der Waals surface area contributed by atoms with Crippen molar-refractivity contribution in [3.8, 4) is 11.5 Å². The summed E-state index contributed by atoms with van der Waals surface area (Å²) in [4.78, 5) is 19.1. The van der Waals surface area contributed by atoms with E-state index in [1.807, 2.05) is 0 Å². The van der Waals surface area contributed by atoms with E-state index in [4.69, 9.17) is 0 Å². The SMILES string of the molecule is O=C(c1cccc(O)c1)N1CCC(Cc2cc(Sc3cc(C(F)(F)F)ccn3)ccc2O)CC1. The Morgan fingerprint density at radius 3 is 2.53 bits per heavy atom. The Balaban J connectivity index is 1.38. The molecule has 0 spiro atoms. The van der Waals surface area contributed by atoms with Gasteiger partial charge in [0.2, 0.25) is 0 Å². The number of piperidine rings is 1. The second-order valence-corrected chi connectivity index (χ2v) is 9.36. The van der Waals surface area contributed by atoms with Crippen LogP contribution in [0.4, 0.5) is 13.2 Å². The fourth-order valence-corrected chi connectivity index (χ4v) is 4.90. The van der Waals surface area contributed by atoms with E-state index in [1.54, 1.807) is 35.2 Å². The normalized spacial score (nSPS) is 14.9. The highest BCUT2D eigenvalue weighted by Crippen LogP contribution is 2.35. The number of likely N-dealkylation sites (tertiary alicyclic amines) is 1. The van der Waals surface area contributed by atoms with Gasteiger partial charge in [-0.05, 0) is 79.3 Å². The molecule has 5 nitrogen and oxygen atoms in total. The van der Waals surface area contributed by atoms with Crippen LogP contribution in [-0.4, -0.2) is 39.1 Å². The van der Waals surface area contributed by atoms with Crippen molar-refractivity contribution in [2.75, 3.05) is 13.1 Å². The molecule has 1 aliphatic rings. The molecule has 9 heteroatoms. The quantitative estimate of drug-likeness (QED) is 0.478. The maximum atomic E-state index is 13.0. The first-order valence-electron chi connectivity index (χ1n) is 10.8.